The topological polar surface area (TPSA) is 38.3 Å². The zero-order valence-electron chi connectivity index (χ0n) is 10.8. The Morgan fingerprint density at radius 2 is 1.75 bits per heavy atom. The molecule has 1 atom stereocenters. The highest BCUT2D eigenvalue weighted by molar-refractivity contribution is 9.10. The van der Waals surface area contributed by atoms with Crippen LogP contribution in [0, 0.1) is 0 Å². The average molecular weight is 355 g/mol. The van der Waals surface area contributed by atoms with Crippen molar-refractivity contribution in [3.05, 3.63) is 58.0 Å². The molecule has 0 spiro atoms. The van der Waals surface area contributed by atoms with E-state index in [0.29, 0.717) is 16.5 Å². The molecule has 1 N–H and O–H groups in total. The lowest BCUT2D eigenvalue weighted by Gasteiger charge is -2.14. The van der Waals surface area contributed by atoms with Gasteiger partial charge in [-0.2, -0.15) is 0 Å². The quantitative estimate of drug-likeness (QED) is 0.877. The summed E-state index contributed by atoms with van der Waals surface area (Å²) in [5.41, 5.74) is 0.686. The van der Waals surface area contributed by atoms with Gasteiger partial charge in [0.15, 0.2) is 6.10 Å². The molecule has 0 aromatic heterocycles. The minimum atomic E-state index is -0.591. The minimum Gasteiger partial charge on any atom is -0.481 e. The Bertz CT molecular complexity index is 584. The van der Waals surface area contributed by atoms with E-state index in [-0.39, 0.29) is 5.91 Å². The van der Waals surface area contributed by atoms with Crippen molar-refractivity contribution >= 4 is 39.1 Å². The molecule has 0 radical (unpaired) electrons. The predicted octanol–water partition coefficient (Wildman–Crippen LogP) is 4.51. The van der Waals surface area contributed by atoms with E-state index in [1.807, 2.05) is 12.1 Å². The van der Waals surface area contributed by atoms with Crippen molar-refractivity contribution in [2.24, 2.45) is 0 Å². The van der Waals surface area contributed by atoms with Gasteiger partial charge >= 0.3 is 0 Å². The van der Waals surface area contributed by atoms with Gasteiger partial charge in [0.1, 0.15) is 5.75 Å². The van der Waals surface area contributed by atoms with E-state index in [1.165, 1.54) is 0 Å². The molecule has 1 amide bonds. The number of hydrogen-bond acceptors (Lipinski definition) is 2. The Kier molecular flexibility index (Phi) is 5.04. The van der Waals surface area contributed by atoms with Crippen LogP contribution in [0.1, 0.15) is 6.92 Å². The van der Waals surface area contributed by atoms with E-state index in [9.17, 15) is 4.79 Å². The van der Waals surface area contributed by atoms with Crippen LogP contribution >= 0.6 is 27.5 Å². The molecule has 0 saturated heterocycles. The summed E-state index contributed by atoms with van der Waals surface area (Å²) in [5, 5.41) is 3.40. The van der Waals surface area contributed by atoms with E-state index in [4.69, 9.17) is 16.3 Å². The molecule has 0 aliphatic heterocycles. The summed E-state index contributed by atoms with van der Waals surface area (Å²) in [5.74, 6) is 0.433. The maximum absolute atomic E-state index is 12.0. The normalized spacial score (nSPS) is 11.8. The lowest BCUT2D eigenvalue weighted by atomic mass is 10.3. The van der Waals surface area contributed by atoms with Crippen LogP contribution < -0.4 is 10.1 Å². The first-order valence-electron chi connectivity index (χ1n) is 6.03. The van der Waals surface area contributed by atoms with Gasteiger partial charge in [-0.25, -0.2) is 0 Å². The number of carbonyl (C=O) groups excluding carboxylic acids is 1. The highest BCUT2D eigenvalue weighted by atomic mass is 79.9. The first-order chi connectivity index (χ1) is 9.54. The van der Waals surface area contributed by atoms with Crippen molar-refractivity contribution in [1.82, 2.24) is 0 Å². The zero-order valence-corrected chi connectivity index (χ0v) is 13.1. The maximum Gasteiger partial charge on any atom is 0.265 e. The van der Waals surface area contributed by atoms with E-state index < -0.39 is 6.10 Å². The van der Waals surface area contributed by atoms with Gasteiger partial charge in [0.2, 0.25) is 0 Å². The fourth-order valence-corrected chi connectivity index (χ4v) is 1.94. The molecule has 2 rings (SSSR count). The van der Waals surface area contributed by atoms with Crippen molar-refractivity contribution in [1.29, 1.82) is 0 Å². The molecule has 0 fully saturated rings. The van der Waals surface area contributed by atoms with E-state index in [0.717, 1.165) is 4.47 Å². The molecular formula is C15H13BrClNO2. The third-order valence-corrected chi connectivity index (χ3v) is 3.39. The van der Waals surface area contributed by atoms with Crippen molar-refractivity contribution in [3.63, 3.8) is 0 Å². The largest absolute Gasteiger partial charge is 0.481 e. The smallest absolute Gasteiger partial charge is 0.265 e. The Morgan fingerprint density at radius 3 is 2.35 bits per heavy atom. The SMILES string of the molecule is C[C@H](Oc1ccc(Br)cc1)C(=O)Nc1ccc(Cl)cc1. The van der Waals surface area contributed by atoms with E-state index in [2.05, 4.69) is 21.2 Å². The zero-order chi connectivity index (χ0) is 14.5. The fraction of sp³-hybridized carbons (Fsp3) is 0.133. The lowest BCUT2D eigenvalue weighted by molar-refractivity contribution is -0.122. The van der Waals surface area contributed by atoms with Crippen LogP contribution in [0.2, 0.25) is 5.02 Å². The monoisotopic (exact) mass is 353 g/mol. The summed E-state index contributed by atoms with van der Waals surface area (Å²) in [7, 11) is 0. The van der Waals surface area contributed by atoms with Crippen LogP contribution in [0.5, 0.6) is 5.75 Å². The summed E-state index contributed by atoms with van der Waals surface area (Å²) < 4.78 is 6.53. The Morgan fingerprint density at radius 1 is 1.15 bits per heavy atom. The summed E-state index contributed by atoms with van der Waals surface area (Å²) in [6.45, 7) is 1.70. The fourth-order valence-electron chi connectivity index (χ4n) is 1.55. The number of nitrogens with one attached hydrogen (secondary N) is 1. The first-order valence-corrected chi connectivity index (χ1v) is 7.20. The van der Waals surface area contributed by atoms with Crippen molar-refractivity contribution in [2.45, 2.75) is 13.0 Å². The number of carbonyl (C=O) groups is 1. The molecule has 0 aliphatic rings. The maximum atomic E-state index is 12.0. The molecule has 0 bridgehead atoms. The number of halogens is 2. The molecule has 5 heteroatoms. The van der Waals surface area contributed by atoms with Crippen LogP contribution in [0.4, 0.5) is 5.69 Å². The number of anilines is 1. The average Bonchev–Trinajstić information content (AvgIpc) is 2.44. The molecule has 0 saturated carbocycles. The third kappa shape index (κ3) is 4.25. The van der Waals surface area contributed by atoms with Crippen molar-refractivity contribution in [2.75, 3.05) is 5.32 Å². The highest BCUT2D eigenvalue weighted by Crippen LogP contribution is 2.18. The van der Waals surface area contributed by atoms with Crippen molar-refractivity contribution in [3.8, 4) is 5.75 Å². The summed E-state index contributed by atoms with van der Waals surface area (Å²) in [6.07, 6.45) is -0.591. The molecule has 0 aliphatic carbocycles. The summed E-state index contributed by atoms with van der Waals surface area (Å²) in [4.78, 5) is 12.0. The molecule has 20 heavy (non-hydrogen) atoms. The second-order valence-corrected chi connectivity index (χ2v) is 5.56. The minimum absolute atomic E-state index is 0.213. The number of benzene rings is 2. The standard InChI is InChI=1S/C15H13BrClNO2/c1-10(20-14-8-2-11(16)3-9-14)15(19)18-13-6-4-12(17)5-7-13/h2-10H,1H3,(H,18,19)/t10-/m0/s1. The van der Waals surface area contributed by atoms with Crippen LogP contribution in [0.25, 0.3) is 0 Å². The second-order valence-electron chi connectivity index (χ2n) is 4.21. The van der Waals surface area contributed by atoms with Gasteiger partial charge < -0.3 is 10.1 Å². The number of rotatable bonds is 4. The van der Waals surface area contributed by atoms with Gasteiger partial charge in [-0.1, -0.05) is 27.5 Å². The Balaban J connectivity index is 1.94. The van der Waals surface area contributed by atoms with Gasteiger partial charge in [0.05, 0.1) is 0 Å². The molecular weight excluding hydrogens is 342 g/mol. The molecule has 0 unspecified atom stereocenters. The molecule has 0 heterocycles. The number of hydrogen-bond donors (Lipinski definition) is 1. The van der Waals surface area contributed by atoms with Gasteiger partial charge in [-0.15, -0.1) is 0 Å². The lowest BCUT2D eigenvalue weighted by Crippen LogP contribution is -2.30. The van der Waals surface area contributed by atoms with E-state index in [1.54, 1.807) is 43.3 Å². The number of ether oxygens (including phenoxy) is 1. The van der Waals surface area contributed by atoms with Crippen LogP contribution in [0.15, 0.2) is 53.0 Å². The second kappa shape index (κ2) is 6.77. The summed E-state index contributed by atoms with van der Waals surface area (Å²) in [6, 6.07) is 14.2. The predicted molar refractivity (Wildman–Crippen MR) is 84.3 cm³/mol. The van der Waals surface area contributed by atoms with Crippen molar-refractivity contribution < 1.29 is 9.53 Å². The molecule has 3 nitrogen and oxygen atoms in total. The van der Waals surface area contributed by atoms with E-state index >= 15 is 0 Å². The first kappa shape index (κ1) is 14.9. The van der Waals surface area contributed by atoms with Gasteiger partial charge in [-0.3, -0.25) is 4.79 Å². The van der Waals surface area contributed by atoms with Gasteiger partial charge in [0.25, 0.3) is 5.91 Å². The van der Waals surface area contributed by atoms with Gasteiger partial charge in [0, 0.05) is 15.2 Å². The van der Waals surface area contributed by atoms with Crippen LogP contribution in [-0.2, 0) is 4.79 Å². The van der Waals surface area contributed by atoms with Crippen LogP contribution in [0.3, 0.4) is 0 Å². The molecule has 104 valence electrons. The number of amides is 1. The molecule has 2 aromatic rings. The Hall–Kier alpha value is -1.52. The summed E-state index contributed by atoms with van der Waals surface area (Å²) >= 11 is 9.13. The highest BCUT2D eigenvalue weighted by Gasteiger charge is 2.14. The van der Waals surface area contributed by atoms with Crippen LogP contribution in [-0.4, -0.2) is 12.0 Å². The molecule has 2 aromatic carbocycles. The van der Waals surface area contributed by atoms with Gasteiger partial charge in [-0.05, 0) is 55.5 Å². The third-order valence-electron chi connectivity index (χ3n) is 2.61. The Labute approximate surface area is 131 Å².